The van der Waals surface area contributed by atoms with Crippen molar-refractivity contribution in [3.63, 3.8) is 0 Å². The fraction of sp³-hybridized carbons (Fsp3) is 0.750. The molecule has 0 atom stereocenters. The molecule has 0 aliphatic carbocycles. The predicted molar refractivity (Wildman–Crippen MR) is 50.1 cm³/mol. The van der Waals surface area contributed by atoms with E-state index >= 15 is 0 Å². The summed E-state index contributed by atoms with van der Waals surface area (Å²) in [6, 6.07) is 0. The minimum Gasteiger partial charge on any atom is -0.425 e. The van der Waals surface area contributed by atoms with Crippen LogP contribution in [0.15, 0.2) is 0 Å². The molecule has 0 saturated heterocycles. The van der Waals surface area contributed by atoms with Crippen LogP contribution in [0.3, 0.4) is 0 Å². The third-order valence-electron chi connectivity index (χ3n) is 0.994. The third-order valence-corrected chi connectivity index (χ3v) is 0.994. The van der Waals surface area contributed by atoms with E-state index < -0.39 is 13.9 Å². The molecule has 0 bridgehead atoms. The number of hydrogen-bond acceptors (Lipinski definition) is 2. The molecule has 0 saturated carbocycles. The molecule has 0 aromatic rings. The molecule has 0 N–H and O–H groups in total. The first-order chi connectivity index (χ1) is 6.45. The topological polar surface area (TPSA) is 6.48 Å². The zero-order valence-corrected chi connectivity index (χ0v) is 12.6. The van der Waals surface area contributed by atoms with Crippen LogP contribution in [0, 0.1) is 13.9 Å². The van der Waals surface area contributed by atoms with Gasteiger partial charge in [-0.3, -0.25) is 0 Å². The second-order valence-electron chi connectivity index (χ2n) is 2.77. The summed E-state index contributed by atoms with van der Waals surface area (Å²) in [5, 5.41) is 0. The molecule has 0 fully saturated rings. The maximum Gasteiger partial charge on any atom is 0.0103 e. The zero-order valence-electron chi connectivity index (χ0n) is 9.68. The summed E-state index contributed by atoms with van der Waals surface area (Å²) >= 11 is 0. The standard InChI is InChI=1S/C6H16N2.2CHF2.Zn/c1-7(2)5-6-8(3)4;2*2-1-3;/h5-6H2,1-4H3;2*1H;/q;2*-1;. The minimum absolute atomic E-state index is 0. The summed E-state index contributed by atoms with van der Waals surface area (Å²) in [5.74, 6) is 0. The molecule has 0 unspecified atom stereocenters. The Labute approximate surface area is 102 Å². The first kappa shape index (κ1) is 24.5. The largest absolute Gasteiger partial charge is 0.425 e. The van der Waals surface area contributed by atoms with Gasteiger partial charge >= 0.3 is 0 Å². The molecule has 0 spiro atoms. The Bertz CT molecular complexity index is 77.0. The third kappa shape index (κ3) is 77.4. The van der Waals surface area contributed by atoms with Crippen molar-refractivity contribution in [1.82, 2.24) is 9.80 Å². The van der Waals surface area contributed by atoms with Crippen LogP contribution in [0.1, 0.15) is 0 Å². The smallest absolute Gasteiger partial charge is 0.0103 e. The quantitative estimate of drug-likeness (QED) is 0.445. The summed E-state index contributed by atoms with van der Waals surface area (Å²) < 4.78 is 38.0. The van der Waals surface area contributed by atoms with E-state index in [-0.39, 0.29) is 19.5 Å². The van der Waals surface area contributed by atoms with Gasteiger partial charge in [0.05, 0.1) is 0 Å². The summed E-state index contributed by atoms with van der Waals surface area (Å²) in [5.41, 5.74) is 0. The van der Waals surface area contributed by atoms with E-state index in [1.54, 1.807) is 0 Å². The first-order valence-corrected chi connectivity index (χ1v) is 3.79. The van der Waals surface area contributed by atoms with Crippen molar-refractivity contribution in [3.05, 3.63) is 13.9 Å². The van der Waals surface area contributed by atoms with Crippen molar-refractivity contribution < 1.29 is 37.0 Å². The molecule has 15 heavy (non-hydrogen) atoms. The van der Waals surface area contributed by atoms with Gasteiger partial charge in [0.15, 0.2) is 0 Å². The Morgan fingerprint density at radius 2 is 0.867 bits per heavy atom. The van der Waals surface area contributed by atoms with E-state index in [9.17, 15) is 17.6 Å². The van der Waals surface area contributed by atoms with Crippen molar-refractivity contribution in [1.29, 1.82) is 0 Å². The molecule has 2 nitrogen and oxygen atoms in total. The van der Waals surface area contributed by atoms with E-state index in [0.717, 1.165) is 13.1 Å². The van der Waals surface area contributed by atoms with Gasteiger partial charge < -0.3 is 27.4 Å². The molecule has 0 aromatic heterocycles. The molecule has 0 rings (SSSR count). The van der Waals surface area contributed by atoms with E-state index in [4.69, 9.17) is 0 Å². The summed E-state index contributed by atoms with van der Waals surface area (Å²) in [6.45, 7) is 0.292. The molecule has 0 aliphatic heterocycles. The normalized spacial score (nSPS) is 8.40. The Hall–Kier alpha value is 0.263. The molecule has 0 heterocycles. The van der Waals surface area contributed by atoms with E-state index in [1.807, 2.05) is 0 Å². The number of halogens is 4. The van der Waals surface area contributed by atoms with Crippen LogP contribution in [0.25, 0.3) is 0 Å². The second kappa shape index (κ2) is 23.8. The molecule has 0 radical (unpaired) electrons. The number of hydrogen-bond donors (Lipinski definition) is 0. The zero-order chi connectivity index (χ0) is 12.0. The van der Waals surface area contributed by atoms with E-state index in [2.05, 4.69) is 38.0 Å². The van der Waals surface area contributed by atoms with Crippen LogP contribution in [-0.4, -0.2) is 51.1 Å². The molecule has 0 aromatic carbocycles. The van der Waals surface area contributed by atoms with Gasteiger partial charge in [0, 0.05) is 32.6 Å². The minimum atomic E-state index is -1.00. The van der Waals surface area contributed by atoms with E-state index in [0.29, 0.717) is 0 Å². The molecule has 7 heteroatoms. The second-order valence-corrected chi connectivity index (χ2v) is 2.77. The van der Waals surface area contributed by atoms with Gasteiger partial charge in [0.2, 0.25) is 0 Å². The first-order valence-electron chi connectivity index (χ1n) is 3.79. The van der Waals surface area contributed by atoms with Gasteiger partial charge in [-0.25, -0.2) is 0 Å². The van der Waals surface area contributed by atoms with Crippen LogP contribution in [0.4, 0.5) is 17.6 Å². The van der Waals surface area contributed by atoms with Gasteiger partial charge in [-0.15, -0.1) is 0 Å². The Morgan fingerprint density at radius 3 is 0.933 bits per heavy atom. The van der Waals surface area contributed by atoms with Gasteiger partial charge in [-0.1, -0.05) is 0 Å². The maximum atomic E-state index is 9.50. The van der Waals surface area contributed by atoms with Gasteiger partial charge in [0.1, 0.15) is 0 Å². The van der Waals surface area contributed by atoms with Crippen molar-refractivity contribution >= 4 is 0 Å². The molecular weight excluding hydrogens is 265 g/mol. The van der Waals surface area contributed by atoms with Crippen molar-refractivity contribution in [2.45, 2.75) is 0 Å². The van der Waals surface area contributed by atoms with Crippen LogP contribution < -0.4 is 0 Å². The van der Waals surface area contributed by atoms with Crippen molar-refractivity contribution in [2.75, 3.05) is 41.3 Å². The number of likely N-dealkylation sites (N-methyl/N-ethyl adjacent to an activating group) is 2. The van der Waals surface area contributed by atoms with Crippen LogP contribution in [0.5, 0.6) is 0 Å². The van der Waals surface area contributed by atoms with Gasteiger partial charge in [-0.05, 0) is 42.0 Å². The molecule has 0 amide bonds. The van der Waals surface area contributed by atoms with Crippen LogP contribution >= 0.6 is 0 Å². The van der Waals surface area contributed by atoms with Gasteiger partial charge in [0.25, 0.3) is 0 Å². The molecule has 0 aliphatic rings. The Balaban J connectivity index is -0.0000000733. The summed E-state index contributed by atoms with van der Waals surface area (Å²) in [7, 11) is 8.35. The molecule has 92 valence electrons. The predicted octanol–water partition coefficient (Wildman–Crippen LogP) is 2.20. The number of rotatable bonds is 3. The summed E-state index contributed by atoms with van der Waals surface area (Å²) in [4.78, 5) is 4.36. The maximum absolute atomic E-state index is 9.50. The van der Waals surface area contributed by atoms with Crippen molar-refractivity contribution in [2.24, 2.45) is 0 Å². The molecular formula is C8H18F4N2Zn-2. The fourth-order valence-electron chi connectivity index (χ4n) is 0.400. The fourth-order valence-corrected chi connectivity index (χ4v) is 0.400. The van der Waals surface area contributed by atoms with Crippen LogP contribution in [-0.2, 0) is 19.5 Å². The number of nitrogens with zero attached hydrogens (tertiary/aromatic N) is 2. The van der Waals surface area contributed by atoms with Crippen molar-refractivity contribution in [3.8, 4) is 0 Å². The Kier molecular flexibility index (Phi) is 38.9. The van der Waals surface area contributed by atoms with Gasteiger partial charge in [-0.2, -0.15) is 0 Å². The summed E-state index contributed by atoms with van der Waals surface area (Å²) in [6.07, 6.45) is 0. The monoisotopic (exact) mass is 282 g/mol. The van der Waals surface area contributed by atoms with E-state index in [1.165, 1.54) is 0 Å². The Morgan fingerprint density at radius 1 is 0.733 bits per heavy atom. The average Bonchev–Trinajstić information content (AvgIpc) is 2.04. The average molecular weight is 284 g/mol. The SMILES string of the molecule is CN(C)CCN(C)C.F[CH-]F.F[CH-]F.[Zn]. The van der Waals surface area contributed by atoms with Crippen LogP contribution in [0.2, 0.25) is 0 Å².